The summed E-state index contributed by atoms with van der Waals surface area (Å²) in [5.41, 5.74) is 0.256. The van der Waals surface area contributed by atoms with E-state index in [0.717, 1.165) is 13.1 Å². The fourth-order valence-electron chi connectivity index (χ4n) is 2.06. The molecule has 3 nitrogen and oxygen atoms in total. The third kappa shape index (κ3) is 2.98. The van der Waals surface area contributed by atoms with E-state index in [-0.39, 0.29) is 11.5 Å². The summed E-state index contributed by atoms with van der Waals surface area (Å²) in [7, 11) is 1.45. The van der Waals surface area contributed by atoms with Crippen LogP contribution in [0.25, 0.3) is 0 Å². The number of carbonyl (C=O) groups is 1. The number of hydrogen-bond donors (Lipinski definition) is 0. The molecule has 1 fully saturated rings. The van der Waals surface area contributed by atoms with Crippen LogP contribution < -0.4 is 0 Å². The molecule has 0 unspecified atom stereocenters. The molecule has 1 saturated heterocycles. The first-order chi connectivity index (χ1) is 6.56. The number of carbonyl (C=O) groups excluding carboxylic acids is 1. The molecular weight excluding hydrogens is 178 g/mol. The minimum Gasteiger partial charge on any atom is -0.469 e. The molecule has 82 valence electrons. The maximum atomic E-state index is 11.0. The number of hydrogen-bond acceptors (Lipinski definition) is 3. The zero-order valence-corrected chi connectivity index (χ0v) is 9.51. The molecule has 1 aliphatic rings. The molecule has 1 heterocycles. The van der Waals surface area contributed by atoms with Crippen molar-refractivity contribution in [2.45, 2.75) is 45.1 Å². The van der Waals surface area contributed by atoms with Crippen molar-refractivity contribution in [2.75, 3.05) is 20.2 Å². The van der Waals surface area contributed by atoms with Crippen LogP contribution in [0.1, 0.15) is 39.5 Å². The van der Waals surface area contributed by atoms with Gasteiger partial charge in [-0.3, -0.25) is 9.69 Å². The van der Waals surface area contributed by atoms with Crippen LogP contribution in [0.5, 0.6) is 0 Å². The summed E-state index contributed by atoms with van der Waals surface area (Å²) >= 11 is 0. The second-order valence-electron chi connectivity index (χ2n) is 4.58. The second kappa shape index (κ2) is 4.78. The van der Waals surface area contributed by atoms with Gasteiger partial charge in [0.05, 0.1) is 13.5 Å². The lowest BCUT2D eigenvalue weighted by Crippen LogP contribution is -2.48. The van der Waals surface area contributed by atoms with Gasteiger partial charge in [0.15, 0.2) is 0 Å². The van der Waals surface area contributed by atoms with Gasteiger partial charge < -0.3 is 4.74 Å². The maximum absolute atomic E-state index is 11.0. The molecule has 0 bridgehead atoms. The molecule has 1 rings (SSSR count). The van der Waals surface area contributed by atoms with Gasteiger partial charge in [-0.15, -0.1) is 0 Å². The summed E-state index contributed by atoms with van der Waals surface area (Å²) in [4.78, 5) is 13.4. The zero-order chi connectivity index (χ0) is 10.6. The molecule has 0 atom stereocenters. The Morgan fingerprint density at radius 2 is 2.14 bits per heavy atom. The van der Waals surface area contributed by atoms with Gasteiger partial charge in [0, 0.05) is 12.1 Å². The van der Waals surface area contributed by atoms with E-state index in [1.165, 1.54) is 26.4 Å². The number of likely N-dealkylation sites (tertiary alicyclic amines) is 1. The Balaban J connectivity index is 2.38. The molecule has 1 aliphatic heterocycles. The standard InChI is InChI=1S/C11H21NO2/c1-11(2)7-4-5-8-12(11)9-6-10(13)14-3/h4-9H2,1-3H3. The fourth-order valence-corrected chi connectivity index (χ4v) is 2.06. The van der Waals surface area contributed by atoms with Crippen molar-refractivity contribution < 1.29 is 9.53 Å². The van der Waals surface area contributed by atoms with Crippen molar-refractivity contribution in [1.82, 2.24) is 4.90 Å². The summed E-state index contributed by atoms with van der Waals surface area (Å²) in [5, 5.41) is 0. The quantitative estimate of drug-likeness (QED) is 0.649. The Labute approximate surface area is 86.4 Å². The SMILES string of the molecule is COC(=O)CCN1CCCCC1(C)C. The lowest BCUT2D eigenvalue weighted by atomic mass is 9.90. The summed E-state index contributed by atoms with van der Waals surface area (Å²) in [5.74, 6) is -0.105. The first-order valence-corrected chi connectivity index (χ1v) is 5.38. The molecule has 0 aromatic heterocycles. The fraction of sp³-hybridized carbons (Fsp3) is 0.909. The molecule has 0 amide bonds. The van der Waals surface area contributed by atoms with Crippen LogP contribution in [0.2, 0.25) is 0 Å². The Morgan fingerprint density at radius 1 is 1.43 bits per heavy atom. The largest absolute Gasteiger partial charge is 0.469 e. The van der Waals surface area contributed by atoms with Gasteiger partial charge in [-0.25, -0.2) is 0 Å². The molecule has 3 heteroatoms. The molecule has 0 aromatic rings. The average Bonchev–Trinajstić information content (AvgIpc) is 2.15. The van der Waals surface area contributed by atoms with Gasteiger partial charge >= 0.3 is 5.97 Å². The minimum absolute atomic E-state index is 0.105. The van der Waals surface area contributed by atoms with E-state index in [1.807, 2.05) is 0 Å². The first-order valence-electron chi connectivity index (χ1n) is 5.38. The van der Waals surface area contributed by atoms with E-state index >= 15 is 0 Å². The van der Waals surface area contributed by atoms with Gasteiger partial charge in [-0.05, 0) is 33.2 Å². The predicted octanol–water partition coefficient (Wildman–Crippen LogP) is 1.81. The number of methoxy groups -OCH3 is 1. The van der Waals surface area contributed by atoms with E-state index in [1.54, 1.807) is 0 Å². The van der Waals surface area contributed by atoms with Crippen LogP contribution in [-0.4, -0.2) is 36.6 Å². The van der Waals surface area contributed by atoms with Crippen molar-refractivity contribution in [3.05, 3.63) is 0 Å². The number of rotatable bonds is 3. The molecule has 0 radical (unpaired) electrons. The van der Waals surface area contributed by atoms with Crippen LogP contribution >= 0.6 is 0 Å². The van der Waals surface area contributed by atoms with Gasteiger partial charge in [0.25, 0.3) is 0 Å². The molecular formula is C11H21NO2. The van der Waals surface area contributed by atoms with Crippen molar-refractivity contribution in [2.24, 2.45) is 0 Å². The predicted molar refractivity (Wildman–Crippen MR) is 56.1 cm³/mol. The van der Waals surface area contributed by atoms with Crippen molar-refractivity contribution in [3.63, 3.8) is 0 Å². The van der Waals surface area contributed by atoms with Gasteiger partial charge in [-0.1, -0.05) is 6.42 Å². The lowest BCUT2D eigenvalue weighted by Gasteiger charge is -2.42. The number of piperidine rings is 1. The highest BCUT2D eigenvalue weighted by atomic mass is 16.5. The monoisotopic (exact) mass is 199 g/mol. The molecule has 0 saturated carbocycles. The van der Waals surface area contributed by atoms with E-state index in [4.69, 9.17) is 0 Å². The van der Waals surface area contributed by atoms with Crippen LogP contribution in [0.15, 0.2) is 0 Å². The number of esters is 1. The van der Waals surface area contributed by atoms with Crippen molar-refractivity contribution >= 4 is 5.97 Å². The molecule has 0 spiro atoms. The van der Waals surface area contributed by atoms with Crippen molar-refractivity contribution in [1.29, 1.82) is 0 Å². The number of nitrogens with zero attached hydrogens (tertiary/aromatic N) is 1. The molecule has 14 heavy (non-hydrogen) atoms. The second-order valence-corrected chi connectivity index (χ2v) is 4.58. The van der Waals surface area contributed by atoms with Crippen LogP contribution in [0.3, 0.4) is 0 Å². The van der Waals surface area contributed by atoms with Gasteiger partial charge in [-0.2, -0.15) is 0 Å². The molecule has 0 aliphatic carbocycles. The summed E-state index contributed by atoms with van der Waals surface area (Å²) in [6.45, 7) is 6.45. The Bertz CT molecular complexity index is 201. The van der Waals surface area contributed by atoms with Gasteiger partial charge in [0.1, 0.15) is 0 Å². The highest BCUT2D eigenvalue weighted by molar-refractivity contribution is 5.69. The summed E-state index contributed by atoms with van der Waals surface area (Å²) in [6.07, 6.45) is 4.31. The topological polar surface area (TPSA) is 29.5 Å². The Hall–Kier alpha value is -0.570. The highest BCUT2D eigenvalue weighted by Crippen LogP contribution is 2.26. The molecule has 0 aromatic carbocycles. The zero-order valence-electron chi connectivity index (χ0n) is 9.51. The third-order valence-electron chi connectivity index (χ3n) is 3.14. The van der Waals surface area contributed by atoms with Gasteiger partial charge in [0.2, 0.25) is 0 Å². The minimum atomic E-state index is -0.105. The average molecular weight is 199 g/mol. The Kier molecular flexibility index (Phi) is 3.93. The normalized spacial score (nSPS) is 21.9. The van der Waals surface area contributed by atoms with E-state index < -0.39 is 0 Å². The molecule has 0 N–H and O–H groups in total. The smallest absolute Gasteiger partial charge is 0.306 e. The van der Waals surface area contributed by atoms with E-state index in [2.05, 4.69) is 23.5 Å². The summed E-state index contributed by atoms with van der Waals surface area (Å²) in [6, 6.07) is 0. The van der Waals surface area contributed by atoms with Crippen LogP contribution in [-0.2, 0) is 9.53 Å². The third-order valence-corrected chi connectivity index (χ3v) is 3.14. The lowest BCUT2D eigenvalue weighted by molar-refractivity contribution is -0.141. The first kappa shape index (κ1) is 11.5. The number of ether oxygens (including phenoxy) is 1. The van der Waals surface area contributed by atoms with E-state index in [9.17, 15) is 4.79 Å². The Morgan fingerprint density at radius 3 is 2.71 bits per heavy atom. The van der Waals surface area contributed by atoms with Crippen LogP contribution in [0.4, 0.5) is 0 Å². The highest BCUT2D eigenvalue weighted by Gasteiger charge is 2.29. The van der Waals surface area contributed by atoms with Crippen molar-refractivity contribution in [3.8, 4) is 0 Å². The summed E-state index contributed by atoms with van der Waals surface area (Å²) < 4.78 is 4.64. The maximum Gasteiger partial charge on any atom is 0.306 e. The van der Waals surface area contributed by atoms with E-state index in [0.29, 0.717) is 6.42 Å². The van der Waals surface area contributed by atoms with Crippen LogP contribution in [0, 0.1) is 0 Å².